The van der Waals surface area contributed by atoms with E-state index in [1.807, 2.05) is 0 Å². The number of Topliss-reactive ketones (excluding diaryl/α,β-unsaturated/α-hetero) is 2. The van der Waals surface area contributed by atoms with Gasteiger partial charge < -0.3 is 4.48 Å². The lowest BCUT2D eigenvalue weighted by Crippen LogP contribution is -2.57. The molecule has 1 aliphatic rings. The van der Waals surface area contributed by atoms with Crippen molar-refractivity contribution in [2.24, 2.45) is 5.92 Å². The van der Waals surface area contributed by atoms with Gasteiger partial charge in [-0.3, -0.25) is 9.59 Å². The third-order valence-electron chi connectivity index (χ3n) is 4.49. The molecule has 0 aromatic carbocycles. The van der Waals surface area contributed by atoms with Crippen LogP contribution in [0.5, 0.6) is 0 Å². The van der Waals surface area contributed by atoms with Gasteiger partial charge in [-0.2, -0.15) is 0 Å². The highest BCUT2D eigenvalue weighted by Crippen LogP contribution is 2.33. The smallest absolute Gasteiger partial charge is 0.198 e. The van der Waals surface area contributed by atoms with Gasteiger partial charge in [-0.25, -0.2) is 0 Å². The van der Waals surface area contributed by atoms with Crippen molar-refractivity contribution in [1.29, 1.82) is 0 Å². The van der Waals surface area contributed by atoms with E-state index in [2.05, 4.69) is 27.9 Å². The first-order chi connectivity index (χ1) is 7.25. The number of hydrogen-bond acceptors (Lipinski definition) is 2. The maximum Gasteiger partial charge on any atom is 0.198 e. The molecule has 0 aromatic heterocycles. The quantitative estimate of drug-likeness (QED) is 0.543. The first-order valence-electron chi connectivity index (χ1n) is 6.12. The first-order valence-corrected chi connectivity index (χ1v) is 6.12. The molecular weight excluding hydrogens is 202 g/mol. The molecule has 0 radical (unpaired) electrons. The Morgan fingerprint density at radius 2 is 1.56 bits per heavy atom. The van der Waals surface area contributed by atoms with Crippen molar-refractivity contribution in [2.75, 3.05) is 14.1 Å². The minimum atomic E-state index is -0.292. The topological polar surface area (TPSA) is 34.1 Å². The number of carbonyl (C=O) groups excluding carboxylic acids is 2. The summed E-state index contributed by atoms with van der Waals surface area (Å²) in [7, 11) is 4.50. The summed E-state index contributed by atoms with van der Waals surface area (Å²) in [6, 6.07) is 1.13. The van der Waals surface area contributed by atoms with Gasteiger partial charge in [-0.15, -0.1) is 0 Å². The zero-order chi connectivity index (χ0) is 12.5. The fraction of sp³-hybridized carbons (Fsp3) is 0.846. The maximum absolute atomic E-state index is 11.4. The van der Waals surface area contributed by atoms with Crippen molar-refractivity contribution in [1.82, 2.24) is 0 Å². The van der Waals surface area contributed by atoms with Crippen molar-refractivity contribution in [2.45, 2.75) is 52.1 Å². The van der Waals surface area contributed by atoms with Gasteiger partial charge in [-0.1, -0.05) is 0 Å². The van der Waals surface area contributed by atoms with Gasteiger partial charge in [0.25, 0.3) is 0 Å². The third kappa shape index (κ3) is 2.70. The van der Waals surface area contributed by atoms with E-state index in [9.17, 15) is 9.59 Å². The number of piperidine rings is 1. The lowest BCUT2D eigenvalue weighted by Gasteiger charge is -2.47. The van der Waals surface area contributed by atoms with Crippen molar-refractivity contribution in [3.05, 3.63) is 0 Å². The second-order valence-corrected chi connectivity index (χ2v) is 5.85. The normalized spacial score (nSPS) is 33.4. The molecule has 3 heteroatoms. The minimum Gasteiger partial charge on any atom is -0.324 e. The predicted molar refractivity (Wildman–Crippen MR) is 64.1 cm³/mol. The van der Waals surface area contributed by atoms with Crippen LogP contribution in [-0.4, -0.2) is 42.2 Å². The molecule has 0 spiro atoms. The standard InChI is InChI=1S/C13H24NO2/c1-9-6-12(8-13(16)11(3)15)7-10(2)14(9,4)5/h9-10,12H,6-8H2,1-5H3/q+1. The highest BCUT2D eigenvalue weighted by atomic mass is 16.2. The van der Waals surface area contributed by atoms with Crippen LogP contribution in [0.15, 0.2) is 0 Å². The number of quaternary nitrogens is 1. The second kappa shape index (κ2) is 4.66. The molecule has 1 saturated heterocycles. The van der Waals surface area contributed by atoms with Crippen LogP contribution in [0.4, 0.5) is 0 Å². The zero-order valence-corrected chi connectivity index (χ0v) is 11.1. The molecule has 1 fully saturated rings. The van der Waals surface area contributed by atoms with E-state index in [1.54, 1.807) is 0 Å². The molecule has 0 aliphatic carbocycles. The van der Waals surface area contributed by atoms with Crippen LogP contribution in [0, 0.1) is 5.92 Å². The number of carbonyl (C=O) groups is 2. The molecule has 2 atom stereocenters. The Balaban J connectivity index is 2.61. The third-order valence-corrected chi connectivity index (χ3v) is 4.49. The van der Waals surface area contributed by atoms with Crippen LogP contribution in [0.2, 0.25) is 0 Å². The lowest BCUT2D eigenvalue weighted by molar-refractivity contribution is -0.941. The van der Waals surface area contributed by atoms with Crippen molar-refractivity contribution < 1.29 is 14.1 Å². The van der Waals surface area contributed by atoms with E-state index in [0.717, 1.165) is 17.3 Å². The summed E-state index contributed by atoms with van der Waals surface area (Å²) < 4.78 is 1.02. The number of nitrogens with zero attached hydrogens (tertiary/aromatic N) is 1. The number of ketones is 2. The van der Waals surface area contributed by atoms with Gasteiger partial charge in [-0.05, 0) is 19.8 Å². The van der Waals surface area contributed by atoms with Gasteiger partial charge in [0.05, 0.1) is 26.2 Å². The summed E-state index contributed by atoms with van der Waals surface area (Å²) in [5, 5.41) is 0. The van der Waals surface area contributed by atoms with Crippen molar-refractivity contribution in [3.8, 4) is 0 Å². The van der Waals surface area contributed by atoms with E-state index in [1.165, 1.54) is 6.92 Å². The van der Waals surface area contributed by atoms with Crippen LogP contribution in [-0.2, 0) is 9.59 Å². The summed E-state index contributed by atoms with van der Waals surface area (Å²) >= 11 is 0. The SMILES string of the molecule is CC(=O)C(=O)CC1CC(C)[N+](C)(C)C(C)C1. The molecule has 0 bridgehead atoms. The average molecular weight is 226 g/mol. The van der Waals surface area contributed by atoms with Gasteiger partial charge in [0.1, 0.15) is 0 Å². The van der Waals surface area contributed by atoms with E-state index < -0.39 is 0 Å². The summed E-state index contributed by atoms with van der Waals surface area (Å²) in [5.41, 5.74) is 0. The summed E-state index contributed by atoms with van der Waals surface area (Å²) in [6.07, 6.45) is 2.55. The van der Waals surface area contributed by atoms with E-state index in [4.69, 9.17) is 0 Å². The van der Waals surface area contributed by atoms with Crippen molar-refractivity contribution >= 4 is 11.6 Å². The van der Waals surface area contributed by atoms with Crippen LogP contribution in [0.1, 0.15) is 40.0 Å². The molecular formula is C13H24NO2+. The highest BCUT2D eigenvalue weighted by molar-refractivity contribution is 6.36. The average Bonchev–Trinajstić information content (AvgIpc) is 2.14. The summed E-state index contributed by atoms with van der Waals surface area (Å²) in [5.74, 6) is -0.0937. The fourth-order valence-corrected chi connectivity index (χ4v) is 2.61. The molecule has 3 nitrogen and oxygen atoms in total. The van der Waals surface area contributed by atoms with Gasteiger partial charge in [0, 0.05) is 26.2 Å². The molecule has 0 aromatic rings. The molecule has 92 valence electrons. The zero-order valence-electron chi connectivity index (χ0n) is 11.1. The van der Waals surface area contributed by atoms with Crippen LogP contribution in [0.25, 0.3) is 0 Å². The summed E-state index contributed by atoms with van der Waals surface area (Å²) in [4.78, 5) is 22.4. The first kappa shape index (κ1) is 13.4. The molecule has 0 saturated carbocycles. The van der Waals surface area contributed by atoms with Gasteiger partial charge in [0.15, 0.2) is 11.6 Å². The van der Waals surface area contributed by atoms with Crippen LogP contribution in [0.3, 0.4) is 0 Å². The monoisotopic (exact) mass is 226 g/mol. The number of likely N-dealkylation sites (tertiary alicyclic amines) is 1. The lowest BCUT2D eigenvalue weighted by atomic mass is 9.82. The number of hydrogen-bond donors (Lipinski definition) is 0. The molecule has 2 unspecified atom stereocenters. The Morgan fingerprint density at radius 1 is 1.12 bits per heavy atom. The Bertz CT molecular complexity index is 282. The predicted octanol–water partition coefficient (Wildman–Crippen LogP) is 1.80. The highest BCUT2D eigenvalue weighted by Gasteiger charge is 2.39. The largest absolute Gasteiger partial charge is 0.324 e. The van der Waals surface area contributed by atoms with Crippen LogP contribution < -0.4 is 0 Å². The van der Waals surface area contributed by atoms with Gasteiger partial charge in [0.2, 0.25) is 0 Å². The van der Waals surface area contributed by atoms with Gasteiger partial charge >= 0.3 is 0 Å². The molecule has 0 N–H and O–H groups in total. The fourth-order valence-electron chi connectivity index (χ4n) is 2.61. The molecule has 0 amide bonds. The minimum absolute atomic E-state index is 0.198. The van der Waals surface area contributed by atoms with Crippen LogP contribution >= 0.6 is 0 Å². The maximum atomic E-state index is 11.4. The Labute approximate surface area is 98.4 Å². The Kier molecular flexibility index (Phi) is 3.89. The van der Waals surface area contributed by atoms with E-state index in [0.29, 0.717) is 24.4 Å². The number of rotatable bonds is 3. The molecule has 1 rings (SSSR count). The Hall–Kier alpha value is -0.700. The van der Waals surface area contributed by atoms with E-state index in [-0.39, 0.29) is 11.6 Å². The van der Waals surface area contributed by atoms with Crippen molar-refractivity contribution in [3.63, 3.8) is 0 Å². The second-order valence-electron chi connectivity index (χ2n) is 5.85. The van der Waals surface area contributed by atoms with E-state index >= 15 is 0 Å². The molecule has 16 heavy (non-hydrogen) atoms. The molecule has 1 aliphatic heterocycles. The molecule has 1 heterocycles. The summed E-state index contributed by atoms with van der Waals surface area (Å²) in [6.45, 7) is 5.85. The Morgan fingerprint density at radius 3 is 1.94 bits per heavy atom.